The zero-order valence-corrected chi connectivity index (χ0v) is 18.3. The van der Waals surface area contributed by atoms with Gasteiger partial charge in [0.1, 0.15) is 0 Å². The molecule has 0 spiro atoms. The first kappa shape index (κ1) is 23.9. The van der Waals surface area contributed by atoms with E-state index in [2.05, 4.69) is 15.5 Å². The van der Waals surface area contributed by atoms with Crippen molar-refractivity contribution in [1.82, 2.24) is 25.3 Å². The molecular weight excluding hydrogens is 467 g/mol. The monoisotopic (exact) mass is 487 g/mol. The van der Waals surface area contributed by atoms with Crippen molar-refractivity contribution in [3.05, 3.63) is 71.6 Å². The number of rotatable bonds is 5. The lowest BCUT2D eigenvalue weighted by atomic mass is 10.1. The molecule has 182 valence electrons. The summed E-state index contributed by atoms with van der Waals surface area (Å²) in [5.41, 5.74) is -0.564. The molecule has 1 aromatic heterocycles. The number of alkyl halides is 3. The number of aromatic nitrogens is 2. The fourth-order valence-corrected chi connectivity index (χ4v) is 3.71. The smallest absolute Gasteiger partial charge is 0.417 e. The first-order valence-corrected chi connectivity index (χ1v) is 10.6. The van der Waals surface area contributed by atoms with E-state index in [-0.39, 0.29) is 44.5 Å². The molecule has 4 rings (SSSR count). The molecule has 0 bridgehead atoms. The third-order valence-electron chi connectivity index (χ3n) is 5.51. The molecule has 2 aromatic carbocycles. The van der Waals surface area contributed by atoms with Crippen molar-refractivity contribution >= 4 is 17.7 Å². The molecule has 1 N–H and O–H groups in total. The lowest BCUT2D eigenvalue weighted by molar-refractivity contribution is -0.138. The van der Waals surface area contributed by atoms with Gasteiger partial charge in [0.05, 0.1) is 17.7 Å². The minimum atomic E-state index is -4.65. The second kappa shape index (κ2) is 9.95. The lowest BCUT2D eigenvalue weighted by Gasteiger charge is -2.35. The van der Waals surface area contributed by atoms with Crippen molar-refractivity contribution in [1.29, 1.82) is 0 Å². The van der Waals surface area contributed by atoms with Gasteiger partial charge in [0.15, 0.2) is 0 Å². The van der Waals surface area contributed by atoms with E-state index >= 15 is 0 Å². The number of piperazine rings is 1. The quantitative estimate of drug-likeness (QED) is 0.593. The van der Waals surface area contributed by atoms with Gasteiger partial charge >= 0.3 is 6.18 Å². The molecule has 0 aliphatic carbocycles. The van der Waals surface area contributed by atoms with E-state index in [4.69, 9.17) is 4.42 Å². The Morgan fingerprint density at radius 3 is 2.37 bits per heavy atom. The number of nitrogens with one attached hydrogen (secondary N) is 1. The van der Waals surface area contributed by atoms with E-state index in [0.29, 0.717) is 11.1 Å². The highest BCUT2D eigenvalue weighted by molar-refractivity contribution is 5.98. The van der Waals surface area contributed by atoms with Crippen molar-refractivity contribution in [2.75, 3.05) is 32.7 Å². The molecule has 35 heavy (non-hydrogen) atoms. The predicted octanol–water partition coefficient (Wildman–Crippen LogP) is 2.47. The predicted molar refractivity (Wildman–Crippen MR) is 116 cm³/mol. The van der Waals surface area contributed by atoms with E-state index in [9.17, 15) is 27.6 Å². The number of carbonyl (C=O) groups excluding carboxylic acids is 3. The average Bonchev–Trinajstić information content (AvgIpc) is 3.41. The minimum absolute atomic E-state index is 0.0803. The summed E-state index contributed by atoms with van der Waals surface area (Å²) in [4.78, 5) is 40.4. The van der Waals surface area contributed by atoms with Gasteiger partial charge in [-0.1, -0.05) is 18.2 Å². The van der Waals surface area contributed by atoms with Crippen molar-refractivity contribution in [2.24, 2.45) is 0 Å². The molecule has 12 heteroatoms. The first-order valence-electron chi connectivity index (χ1n) is 10.6. The normalized spacial score (nSPS) is 14.0. The molecule has 1 fully saturated rings. The summed E-state index contributed by atoms with van der Waals surface area (Å²) in [5.74, 6) is -1.33. The summed E-state index contributed by atoms with van der Waals surface area (Å²) in [5, 5.41) is 9.92. The van der Waals surface area contributed by atoms with Gasteiger partial charge in [-0.25, -0.2) is 0 Å². The number of nitrogens with zero attached hydrogens (tertiary/aromatic N) is 4. The Morgan fingerprint density at radius 1 is 0.971 bits per heavy atom. The molecule has 3 aromatic rings. The topological polar surface area (TPSA) is 109 Å². The molecule has 2 heterocycles. The Kier molecular flexibility index (Phi) is 6.80. The maximum atomic E-state index is 13.2. The van der Waals surface area contributed by atoms with Crippen molar-refractivity contribution in [3.63, 3.8) is 0 Å². The largest absolute Gasteiger partial charge is 0.423 e. The van der Waals surface area contributed by atoms with Crippen LogP contribution in [0.5, 0.6) is 0 Å². The van der Waals surface area contributed by atoms with Gasteiger partial charge in [-0.05, 0) is 30.3 Å². The molecule has 0 unspecified atom stereocenters. The number of hydrogen-bond donors (Lipinski definition) is 1. The van der Waals surface area contributed by atoms with Crippen LogP contribution in [0.15, 0.2) is 59.3 Å². The molecular formula is C23H20F3N5O4. The van der Waals surface area contributed by atoms with Crippen LogP contribution in [0.2, 0.25) is 0 Å². The molecule has 3 amide bonds. The van der Waals surface area contributed by atoms with Crippen LogP contribution >= 0.6 is 0 Å². The van der Waals surface area contributed by atoms with Gasteiger partial charge in [0.2, 0.25) is 18.2 Å². The van der Waals surface area contributed by atoms with Gasteiger partial charge in [-0.3, -0.25) is 14.4 Å². The van der Waals surface area contributed by atoms with Crippen LogP contribution < -0.4 is 5.32 Å². The summed E-state index contributed by atoms with van der Waals surface area (Å²) in [6.45, 7) is 0.172. The van der Waals surface area contributed by atoms with Crippen molar-refractivity contribution < 1.29 is 32.0 Å². The van der Waals surface area contributed by atoms with Crippen molar-refractivity contribution in [3.8, 4) is 11.5 Å². The molecule has 0 saturated carbocycles. The standard InChI is InChI=1S/C23H20F3N5O4/c24-23(25,26)18-7-2-1-6-17(18)22(34)31-10-8-30(9-11-31)19(32)13-27-20(33)15-4-3-5-16(12-15)21-29-28-14-35-21/h1-7,12,14H,8-11,13H2,(H,27,33). The molecule has 0 radical (unpaired) electrons. The molecule has 1 aliphatic rings. The molecule has 1 aliphatic heterocycles. The number of amides is 3. The number of benzene rings is 2. The Labute approximate surface area is 197 Å². The number of halogens is 3. The summed E-state index contributed by atoms with van der Waals surface area (Å²) in [7, 11) is 0. The fraction of sp³-hybridized carbons (Fsp3) is 0.261. The second-order valence-corrected chi connectivity index (χ2v) is 7.72. The number of carbonyl (C=O) groups is 3. The summed E-state index contributed by atoms with van der Waals surface area (Å²) in [6, 6.07) is 11.1. The lowest BCUT2D eigenvalue weighted by Crippen LogP contribution is -2.52. The molecule has 9 nitrogen and oxygen atoms in total. The van der Waals surface area contributed by atoms with Crippen LogP contribution in [0.3, 0.4) is 0 Å². The van der Waals surface area contributed by atoms with Crippen LogP contribution in [0.25, 0.3) is 11.5 Å². The Morgan fingerprint density at radius 2 is 1.69 bits per heavy atom. The van der Waals surface area contributed by atoms with Crippen LogP contribution in [0.4, 0.5) is 13.2 Å². The average molecular weight is 487 g/mol. The second-order valence-electron chi connectivity index (χ2n) is 7.72. The highest BCUT2D eigenvalue weighted by Gasteiger charge is 2.36. The first-order chi connectivity index (χ1) is 16.7. The van der Waals surface area contributed by atoms with E-state index in [1.54, 1.807) is 24.3 Å². The van der Waals surface area contributed by atoms with Gasteiger partial charge in [0.25, 0.3) is 11.8 Å². The summed E-state index contributed by atoms with van der Waals surface area (Å²) in [6.07, 6.45) is -3.48. The zero-order valence-electron chi connectivity index (χ0n) is 18.3. The highest BCUT2D eigenvalue weighted by Crippen LogP contribution is 2.32. The summed E-state index contributed by atoms with van der Waals surface area (Å²) < 4.78 is 44.8. The van der Waals surface area contributed by atoms with Crippen LogP contribution in [0.1, 0.15) is 26.3 Å². The van der Waals surface area contributed by atoms with Gasteiger partial charge in [-0.15, -0.1) is 10.2 Å². The fourth-order valence-electron chi connectivity index (χ4n) is 3.71. The Hall–Kier alpha value is -4.22. The highest BCUT2D eigenvalue weighted by atomic mass is 19.4. The van der Waals surface area contributed by atoms with Gasteiger partial charge < -0.3 is 19.5 Å². The Bertz CT molecular complexity index is 1220. The van der Waals surface area contributed by atoms with Gasteiger partial charge in [-0.2, -0.15) is 13.2 Å². The third-order valence-corrected chi connectivity index (χ3v) is 5.51. The van der Waals surface area contributed by atoms with Crippen LogP contribution in [0, 0.1) is 0 Å². The zero-order chi connectivity index (χ0) is 25.0. The van der Waals surface area contributed by atoms with Crippen molar-refractivity contribution in [2.45, 2.75) is 6.18 Å². The molecule has 1 saturated heterocycles. The van der Waals surface area contributed by atoms with Crippen LogP contribution in [-0.4, -0.2) is 70.4 Å². The van der Waals surface area contributed by atoms with E-state index < -0.39 is 29.1 Å². The van der Waals surface area contributed by atoms with Crippen LogP contribution in [-0.2, 0) is 11.0 Å². The molecule has 0 atom stereocenters. The number of hydrogen-bond acceptors (Lipinski definition) is 6. The maximum absolute atomic E-state index is 13.2. The van der Waals surface area contributed by atoms with E-state index in [1.165, 1.54) is 28.3 Å². The Balaban J connectivity index is 1.30. The van der Waals surface area contributed by atoms with Gasteiger partial charge in [0, 0.05) is 37.3 Å². The minimum Gasteiger partial charge on any atom is -0.423 e. The van der Waals surface area contributed by atoms with E-state index in [0.717, 1.165) is 12.1 Å². The maximum Gasteiger partial charge on any atom is 0.417 e. The summed E-state index contributed by atoms with van der Waals surface area (Å²) >= 11 is 0. The van der Waals surface area contributed by atoms with E-state index in [1.807, 2.05) is 0 Å². The SMILES string of the molecule is O=C(NCC(=O)N1CCN(C(=O)c2ccccc2C(F)(F)F)CC1)c1cccc(-c2nnco2)c1. The third kappa shape index (κ3) is 5.48.